The lowest BCUT2D eigenvalue weighted by Crippen LogP contribution is -2.51. The normalized spacial score (nSPS) is 19.0. The zero-order chi connectivity index (χ0) is 29.9. The zero-order valence-corrected chi connectivity index (χ0v) is 22.3. The SMILES string of the molecule is CC1CC(n2c(=O)[nH]c3ccc(F)c(F)c32)CC(C)N1C(=O)c1cc(-c2cccnc2)n(-c2cc(F)c(F)c(F)c2)n1. The van der Waals surface area contributed by atoms with Crippen LogP contribution in [0.25, 0.3) is 28.0 Å². The van der Waals surface area contributed by atoms with Crippen molar-refractivity contribution < 1.29 is 26.7 Å². The standard InChI is InChI=1S/C29H23F5N6O2/c1-14-8-17(39-27-22(36-29(39)42)6-5-19(30)26(27)34)9-15(2)38(14)28(41)23-12-24(16-4-3-7-35-13-16)40(37-23)18-10-20(31)25(33)21(32)11-18/h3-7,10-15,17H,8-9H2,1-2H3,(H,36,42). The first-order valence-electron chi connectivity index (χ1n) is 13.1. The first kappa shape index (κ1) is 27.4. The number of piperidine rings is 1. The number of amides is 1. The third-order valence-electron chi connectivity index (χ3n) is 7.65. The van der Waals surface area contributed by atoms with Gasteiger partial charge in [0.2, 0.25) is 0 Å². The van der Waals surface area contributed by atoms with Crippen molar-refractivity contribution in [1.29, 1.82) is 0 Å². The van der Waals surface area contributed by atoms with E-state index in [1.54, 1.807) is 30.9 Å². The molecule has 8 nitrogen and oxygen atoms in total. The third-order valence-corrected chi connectivity index (χ3v) is 7.65. The van der Waals surface area contributed by atoms with Gasteiger partial charge >= 0.3 is 5.69 Å². The molecule has 1 fully saturated rings. The second-order valence-electron chi connectivity index (χ2n) is 10.4. The van der Waals surface area contributed by atoms with Crippen molar-refractivity contribution in [3.8, 4) is 16.9 Å². The van der Waals surface area contributed by atoms with Gasteiger partial charge in [0.25, 0.3) is 5.91 Å². The highest BCUT2D eigenvalue weighted by Crippen LogP contribution is 2.35. The highest BCUT2D eigenvalue weighted by molar-refractivity contribution is 5.94. The van der Waals surface area contributed by atoms with E-state index in [1.165, 1.54) is 29.1 Å². The number of pyridine rings is 1. The summed E-state index contributed by atoms with van der Waals surface area (Å²) in [6, 6.07) is 7.08. The number of nitrogens with one attached hydrogen (secondary N) is 1. The van der Waals surface area contributed by atoms with Crippen molar-refractivity contribution in [2.75, 3.05) is 0 Å². The number of H-pyrrole nitrogens is 1. The molecule has 13 heteroatoms. The van der Waals surface area contributed by atoms with Crippen molar-refractivity contribution in [3.05, 3.63) is 100 Å². The predicted molar refractivity (Wildman–Crippen MR) is 143 cm³/mol. The molecule has 5 aromatic rings. The number of rotatable bonds is 4. The number of carbonyl (C=O) groups is 1. The highest BCUT2D eigenvalue weighted by atomic mass is 19.2. The van der Waals surface area contributed by atoms with Gasteiger partial charge in [-0.1, -0.05) is 0 Å². The van der Waals surface area contributed by atoms with Crippen LogP contribution in [0.2, 0.25) is 0 Å². The van der Waals surface area contributed by atoms with Gasteiger partial charge in [-0.15, -0.1) is 0 Å². The molecule has 1 aliphatic rings. The molecule has 3 aromatic heterocycles. The molecule has 6 rings (SSSR count). The van der Waals surface area contributed by atoms with Crippen LogP contribution < -0.4 is 5.69 Å². The lowest BCUT2D eigenvalue weighted by atomic mass is 9.92. The van der Waals surface area contributed by atoms with Gasteiger partial charge in [-0.3, -0.25) is 14.3 Å². The van der Waals surface area contributed by atoms with E-state index in [4.69, 9.17) is 0 Å². The van der Waals surface area contributed by atoms with E-state index >= 15 is 0 Å². The minimum Gasteiger partial charge on any atom is -0.332 e. The molecule has 1 amide bonds. The van der Waals surface area contributed by atoms with Crippen LogP contribution in [0.4, 0.5) is 22.0 Å². The lowest BCUT2D eigenvalue weighted by molar-refractivity contribution is 0.0422. The number of aromatic nitrogens is 5. The maximum Gasteiger partial charge on any atom is 0.326 e. The first-order chi connectivity index (χ1) is 20.0. The molecule has 0 spiro atoms. The Hall–Kier alpha value is -4.81. The minimum atomic E-state index is -1.63. The fourth-order valence-electron chi connectivity index (χ4n) is 5.86. The first-order valence-corrected chi connectivity index (χ1v) is 13.1. The molecule has 1 saturated heterocycles. The van der Waals surface area contributed by atoms with Crippen molar-refractivity contribution in [1.82, 2.24) is 29.2 Å². The molecule has 42 heavy (non-hydrogen) atoms. The minimum absolute atomic E-state index is 0.0477. The topological polar surface area (TPSA) is 88.8 Å². The van der Waals surface area contributed by atoms with Gasteiger partial charge < -0.3 is 9.88 Å². The predicted octanol–water partition coefficient (Wildman–Crippen LogP) is 5.53. The zero-order valence-electron chi connectivity index (χ0n) is 22.3. The molecule has 0 bridgehead atoms. The van der Waals surface area contributed by atoms with Gasteiger partial charge in [-0.05, 0) is 57.0 Å². The fourth-order valence-corrected chi connectivity index (χ4v) is 5.86. The average molecular weight is 583 g/mol. The molecule has 2 atom stereocenters. The van der Waals surface area contributed by atoms with Gasteiger partial charge in [0.1, 0.15) is 5.52 Å². The van der Waals surface area contributed by atoms with Gasteiger partial charge in [-0.2, -0.15) is 5.10 Å². The number of likely N-dealkylation sites (tertiary alicyclic amines) is 1. The summed E-state index contributed by atoms with van der Waals surface area (Å²) in [5.74, 6) is -7.18. The molecule has 0 saturated carbocycles. The third kappa shape index (κ3) is 4.45. The molecule has 2 unspecified atom stereocenters. The Kier molecular flexibility index (Phi) is 6.66. The van der Waals surface area contributed by atoms with Crippen LogP contribution in [0, 0.1) is 29.1 Å². The Labute approximate surface area is 235 Å². The van der Waals surface area contributed by atoms with Gasteiger partial charge in [0, 0.05) is 48.2 Å². The molecule has 0 aliphatic carbocycles. The van der Waals surface area contributed by atoms with Crippen LogP contribution in [0.15, 0.2) is 59.7 Å². The second-order valence-corrected chi connectivity index (χ2v) is 10.4. The van der Waals surface area contributed by atoms with Gasteiger partial charge in [0.05, 0.1) is 16.9 Å². The second kappa shape index (κ2) is 10.2. The number of fused-ring (bicyclic) bond motifs is 1. The van der Waals surface area contributed by atoms with Crippen molar-refractivity contribution in [2.45, 2.75) is 44.8 Å². The summed E-state index contributed by atoms with van der Waals surface area (Å²) in [4.78, 5) is 34.8. The quantitative estimate of drug-likeness (QED) is 0.223. The van der Waals surface area contributed by atoms with Crippen LogP contribution in [0.3, 0.4) is 0 Å². The van der Waals surface area contributed by atoms with Gasteiger partial charge in [-0.25, -0.2) is 31.4 Å². The molecular formula is C29H23F5N6O2. The van der Waals surface area contributed by atoms with E-state index in [1.807, 2.05) is 0 Å². The Bertz CT molecular complexity index is 1870. The van der Waals surface area contributed by atoms with Gasteiger partial charge in [0.15, 0.2) is 34.8 Å². The van der Waals surface area contributed by atoms with Crippen LogP contribution in [0.1, 0.15) is 43.2 Å². The maximum atomic E-state index is 14.7. The van der Waals surface area contributed by atoms with E-state index in [0.29, 0.717) is 5.56 Å². The largest absolute Gasteiger partial charge is 0.332 e. The summed E-state index contributed by atoms with van der Waals surface area (Å²) in [5.41, 5.74) is 0.00222. The number of imidazole rings is 1. The summed E-state index contributed by atoms with van der Waals surface area (Å²) in [6.07, 6.45) is 3.52. The summed E-state index contributed by atoms with van der Waals surface area (Å²) < 4.78 is 73.1. The lowest BCUT2D eigenvalue weighted by Gasteiger charge is -2.42. The number of carbonyl (C=O) groups excluding carboxylic acids is 1. The fraction of sp³-hybridized carbons (Fsp3) is 0.241. The Morgan fingerprint density at radius 3 is 2.26 bits per heavy atom. The molecule has 216 valence electrons. The summed E-state index contributed by atoms with van der Waals surface area (Å²) in [5, 5.41) is 4.35. The number of aromatic amines is 1. The monoisotopic (exact) mass is 582 g/mol. The molecule has 1 N–H and O–H groups in total. The van der Waals surface area contributed by atoms with E-state index < -0.39 is 58.8 Å². The van der Waals surface area contributed by atoms with E-state index in [9.17, 15) is 31.5 Å². The number of hydrogen-bond acceptors (Lipinski definition) is 4. The van der Waals surface area contributed by atoms with Crippen LogP contribution in [-0.2, 0) is 0 Å². The average Bonchev–Trinajstić information content (AvgIpc) is 3.55. The van der Waals surface area contributed by atoms with Crippen molar-refractivity contribution >= 4 is 16.9 Å². The Balaban J connectivity index is 1.36. The molecule has 0 radical (unpaired) electrons. The van der Waals surface area contributed by atoms with E-state index in [-0.39, 0.29) is 41.0 Å². The Morgan fingerprint density at radius 2 is 1.62 bits per heavy atom. The Morgan fingerprint density at radius 1 is 0.929 bits per heavy atom. The van der Waals surface area contributed by atoms with Crippen molar-refractivity contribution in [2.24, 2.45) is 0 Å². The van der Waals surface area contributed by atoms with Crippen molar-refractivity contribution in [3.63, 3.8) is 0 Å². The number of benzene rings is 2. The molecule has 2 aromatic carbocycles. The molecule has 4 heterocycles. The van der Waals surface area contributed by atoms with Crippen LogP contribution in [0.5, 0.6) is 0 Å². The maximum absolute atomic E-state index is 14.7. The highest BCUT2D eigenvalue weighted by Gasteiger charge is 2.38. The molecular weight excluding hydrogens is 559 g/mol. The van der Waals surface area contributed by atoms with E-state index in [2.05, 4.69) is 15.1 Å². The van der Waals surface area contributed by atoms with Crippen LogP contribution in [-0.4, -0.2) is 47.2 Å². The smallest absolute Gasteiger partial charge is 0.326 e. The summed E-state index contributed by atoms with van der Waals surface area (Å²) in [7, 11) is 0. The number of nitrogens with zero attached hydrogens (tertiary/aromatic N) is 5. The number of halogens is 5. The molecule has 1 aliphatic heterocycles. The van der Waals surface area contributed by atoms with E-state index in [0.717, 1.165) is 22.9 Å². The summed E-state index contributed by atoms with van der Waals surface area (Å²) >= 11 is 0. The summed E-state index contributed by atoms with van der Waals surface area (Å²) in [6.45, 7) is 3.53. The van der Waals surface area contributed by atoms with Crippen LogP contribution >= 0.6 is 0 Å². The number of hydrogen-bond donors (Lipinski definition) is 1.